The Balaban J connectivity index is 2.20. The normalized spacial score (nSPS) is 21.6. The van der Waals surface area contributed by atoms with Crippen LogP contribution >= 0.6 is 0 Å². The third-order valence-corrected chi connectivity index (χ3v) is 2.57. The first-order chi connectivity index (χ1) is 6.66. The summed E-state index contributed by atoms with van der Waals surface area (Å²) in [5.41, 5.74) is 7.15. The maximum atomic E-state index is 12.9. The lowest BCUT2D eigenvalue weighted by Crippen LogP contribution is -2.21. The molecular weight excluding hydrogens is 181 g/mol. The van der Waals surface area contributed by atoms with E-state index in [1.807, 2.05) is 24.0 Å². The summed E-state index contributed by atoms with van der Waals surface area (Å²) in [6.45, 7) is 3.07. The van der Waals surface area contributed by atoms with Crippen LogP contribution in [0.1, 0.15) is 12.1 Å². The molecule has 0 bridgehead atoms. The van der Waals surface area contributed by atoms with E-state index in [4.69, 9.17) is 5.73 Å². The van der Waals surface area contributed by atoms with Crippen molar-refractivity contribution in [2.45, 2.75) is 19.5 Å². The number of hydrogen-bond donors (Lipinski definition) is 1. The van der Waals surface area contributed by atoms with E-state index in [1.54, 1.807) is 0 Å². The minimum atomic E-state index is -0.713. The summed E-state index contributed by atoms with van der Waals surface area (Å²) in [6, 6.07) is 3.67. The van der Waals surface area contributed by atoms with Crippen LogP contribution in [0.25, 0.3) is 0 Å². The molecule has 4 heteroatoms. The Morgan fingerprint density at radius 2 is 2.36 bits per heavy atom. The van der Waals surface area contributed by atoms with E-state index in [-0.39, 0.29) is 0 Å². The summed E-state index contributed by atoms with van der Waals surface area (Å²) in [5, 5.41) is 0. The number of halogens is 1. The van der Waals surface area contributed by atoms with Gasteiger partial charge in [0.25, 0.3) is 0 Å². The highest BCUT2D eigenvalue weighted by Crippen LogP contribution is 2.21. The van der Waals surface area contributed by atoms with Gasteiger partial charge in [0.15, 0.2) is 0 Å². The quantitative estimate of drug-likeness (QED) is 0.738. The highest BCUT2D eigenvalue weighted by molar-refractivity contribution is 5.50. The first-order valence-corrected chi connectivity index (χ1v) is 4.79. The van der Waals surface area contributed by atoms with Crippen molar-refractivity contribution in [3.63, 3.8) is 0 Å². The minimum absolute atomic E-state index is 0.455. The van der Waals surface area contributed by atoms with Gasteiger partial charge in [0.2, 0.25) is 0 Å². The molecule has 0 saturated carbocycles. The van der Waals surface area contributed by atoms with E-state index in [1.165, 1.54) is 0 Å². The average Bonchev–Trinajstić information content (AvgIpc) is 2.57. The Labute approximate surface area is 82.7 Å². The Kier molecular flexibility index (Phi) is 2.27. The summed E-state index contributed by atoms with van der Waals surface area (Å²) in [6.07, 6.45) is -0.111. The van der Waals surface area contributed by atoms with Crippen molar-refractivity contribution in [1.82, 2.24) is 4.98 Å². The maximum absolute atomic E-state index is 12.9. The molecule has 3 nitrogen and oxygen atoms in total. The number of pyridine rings is 1. The van der Waals surface area contributed by atoms with Crippen molar-refractivity contribution in [3.05, 3.63) is 17.8 Å². The molecule has 1 fully saturated rings. The number of hydrogen-bond acceptors (Lipinski definition) is 3. The van der Waals surface area contributed by atoms with Gasteiger partial charge in [0, 0.05) is 6.54 Å². The van der Waals surface area contributed by atoms with Gasteiger partial charge in [0.05, 0.1) is 17.9 Å². The molecule has 1 aliphatic heterocycles. The first-order valence-electron chi connectivity index (χ1n) is 4.79. The van der Waals surface area contributed by atoms with Gasteiger partial charge < -0.3 is 10.6 Å². The number of rotatable bonds is 1. The maximum Gasteiger partial charge on any atom is 0.129 e. The van der Waals surface area contributed by atoms with Crippen LogP contribution in [0.15, 0.2) is 12.1 Å². The Morgan fingerprint density at radius 1 is 1.57 bits per heavy atom. The van der Waals surface area contributed by atoms with Crippen LogP contribution in [0.5, 0.6) is 0 Å². The lowest BCUT2D eigenvalue weighted by Gasteiger charge is -2.16. The highest BCUT2D eigenvalue weighted by atomic mass is 19.1. The fraction of sp³-hybridized carbons (Fsp3) is 0.500. The van der Waals surface area contributed by atoms with Crippen molar-refractivity contribution >= 4 is 11.5 Å². The number of aromatic nitrogens is 1. The molecule has 0 spiro atoms. The molecule has 2 N–H and O–H groups in total. The molecule has 14 heavy (non-hydrogen) atoms. The van der Waals surface area contributed by atoms with Crippen LogP contribution in [0.4, 0.5) is 15.9 Å². The third-order valence-electron chi connectivity index (χ3n) is 2.57. The summed E-state index contributed by atoms with van der Waals surface area (Å²) >= 11 is 0. The number of nitrogens with zero attached hydrogens (tertiary/aromatic N) is 2. The van der Waals surface area contributed by atoms with Gasteiger partial charge in [-0.2, -0.15) is 0 Å². The largest absolute Gasteiger partial charge is 0.397 e. The summed E-state index contributed by atoms with van der Waals surface area (Å²) in [5.74, 6) is 0.830. The summed E-state index contributed by atoms with van der Waals surface area (Å²) in [7, 11) is 0. The molecule has 1 unspecified atom stereocenters. The van der Waals surface area contributed by atoms with Crippen LogP contribution in [0, 0.1) is 6.92 Å². The van der Waals surface area contributed by atoms with Gasteiger partial charge in [-0.25, -0.2) is 9.37 Å². The van der Waals surface area contributed by atoms with Gasteiger partial charge in [-0.05, 0) is 25.5 Å². The molecule has 2 rings (SSSR count). The highest BCUT2D eigenvalue weighted by Gasteiger charge is 2.22. The molecule has 76 valence electrons. The van der Waals surface area contributed by atoms with Crippen LogP contribution in [0.3, 0.4) is 0 Å². The third kappa shape index (κ3) is 1.64. The monoisotopic (exact) mass is 195 g/mol. The molecule has 0 radical (unpaired) electrons. The molecule has 1 atom stereocenters. The lowest BCUT2D eigenvalue weighted by molar-refractivity contribution is 0.364. The predicted molar refractivity (Wildman–Crippen MR) is 55.1 cm³/mol. The van der Waals surface area contributed by atoms with Crippen LogP contribution in [-0.4, -0.2) is 24.2 Å². The van der Waals surface area contributed by atoms with Gasteiger partial charge in [-0.3, -0.25) is 0 Å². The minimum Gasteiger partial charge on any atom is -0.397 e. The van der Waals surface area contributed by atoms with Crippen molar-refractivity contribution in [1.29, 1.82) is 0 Å². The standard InChI is InChI=1S/C10H14FN3/c1-7-9(12)2-3-10(13-7)14-5-4-8(11)6-14/h2-3,8H,4-6,12H2,1H3. The molecule has 0 amide bonds. The molecule has 2 heterocycles. The number of alkyl halides is 1. The summed E-state index contributed by atoms with van der Waals surface area (Å²) < 4.78 is 12.9. The Bertz CT molecular complexity index is 340. The topological polar surface area (TPSA) is 42.2 Å². The number of anilines is 2. The Hall–Kier alpha value is -1.32. The SMILES string of the molecule is Cc1nc(N2CCC(F)C2)ccc1N. The van der Waals surface area contributed by atoms with E-state index in [0.717, 1.165) is 18.1 Å². The second-order valence-electron chi connectivity index (χ2n) is 3.68. The van der Waals surface area contributed by atoms with Gasteiger partial charge in [-0.1, -0.05) is 0 Å². The zero-order valence-electron chi connectivity index (χ0n) is 8.20. The Morgan fingerprint density at radius 3 is 2.93 bits per heavy atom. The molecule has 0 aromatic carbocycles. The first kappa shape index (κ1) is 9.24. The second-order valence-corrected chi connectivity index (χ2v) is 3.68. The van der Waals surface area contributed by atoms with E-state index in [9.17, 15) is 4.39 Å². The lowest BCUT2D eigenvalue weighted by atomic mass is 10.3. The number of aryl methyl sites for hydroxylation is 1. The van der Waals surface area contributed by atoms with Gasteiger partial charge in [0.1, 0.15) is 12.0 Å². The zero-order valence-corrected chi connectivity index (χ0v) is 8.20. The van der Waals surface area contributed by atoms with Crippen LogP contribution in [0.2, 0.25) is 0 Å². The van der Waals surface area contributed by atoms with Crippen molar-refractivity contribution in [2.24, 2.45) is 0 Å². The smallest absolute Gasteiger partial charge is 0.129 e. The fourth-order valence-corrected chi connectivity index (χ4v) is 1.66. The number of nitrogens with two attached hydrogens (primary N) is 1. The van der Waals surface area contributed by atoms with E-state index < -0.39 is 6.17 Å². The fourth-order valence-electron chi connectivity index (χ4n) is 1.66. The molecule has 1 aromatic rings. The van der Waals surface area contributed by atoms with E-state index in [2.05, 4.69) is 4.98 Å². The molecule has 1 aromatic heterocycles. The van der Waals surface area contributed by atoms with Crippen molar-refractivity contribution in [3.8, 4) is 0 Å². The molecule has 1 aliphatic rings. The van der Waals surface area contributed by atoms with E-state index in [0.29, 0.717) is 18.7 Å². The van der Waals surface area contributed by atoms with E-state index >= 15 is 0 Å². The average molecular weight is 195 g/mol. The van der Waals surface area contributed by atoms with Crippen molar-refractivity contribution < 1.29 is 4.39 Å². The molecular formula is C10H14FN3. The van der Waals surface area contributed by atoms with Crippen LogP contribution in [-0.2, 0) is 0 Å². The van der Waals surface area contributed by atoms with Crippen molar-refractivity contribution in [2.75, 3.05) is 23.7 Å². The summed E-state index contributed by atoms with van der Waals surface area (Å²) in [4.78, 5) is 6.28. The van der Waals surface area contributed by atoms with Gasteiger partial charge >= 0.3 is 0 Å². The molecule has 0 aliphatic carbocycles. The van der Waals surface area contributed by atoms with Crippen LogP contribution < -0.4 is 10.6 Å². The predicted octanol–water partition coefficient (Wildman–Crippen LogP) is 1.52. The second kappa shape index (κ2) is 3.44. The van der Waals surface area contributed by atoms with Gasteiger partial charge in [-0.15, -0.1) is 0 Å². The zero-order chi connectivity index (χ0) is 10.1. The number of nitrogen functional groups attached to an aromatic ring is 1. The molecule has 1 saturated heterocycles.